The maximum Gasteiger partial charge on any atom is 0.234 e. The van der Waals surface area contributed by atoms with E-state index in [1.807, 2.05) is 40.9 Å². The summed E-state index contributed by atoms with van der Waals surface area (Å²) in [5.41, 5.74) is 2.09. The molecule has 0 aliphatic rings. The Hall–Kier alpha value is -1.90. The molecule has 0 aliphatic carbocycles. The van der Waals surface area contributed by atoms with E-state index in [0.29, 0.717) is 0 Å². The summed E-state index contributed by atoms with van der Waals surface area (Å²) in [5.74, 6) is 0.753. The van der Waals surface area contributed by atoms with E-state index < -0.39 is 0 Å². The Morgan fingerprint density at radius 1 is 1.07 bits per heavy atom. The summed E-state index contributed by atoms with van der Waals surface area (Å²) in [6.07, 6.45) is 3.72. The van der Waals surface area contributed by atoms with Gasteiger partial charge >= 0.3 is 0 Å². The molecule has 3 heteroatoms. The molecular formula is C11H11N3. The third-order valence-electron chi connectivity index (χ3n) is 2.09. The van der Waals surface area contributed by atoms with Crippen molar-refractivity contribution in [3.63, 3.8) is 0 Å². The summed E-state index contributed by atoms with van der Waals surface area (Å²) in [7, 11) is 0. The molecule has 3 rings (SSSR count). The average molecular weight is 185 g/mol. The minimum Gasteiger partial charge on any atom is -0.284 e. The van der Waals surface area contributed by atoms with Crippen LogP contribution in [-0.4, -0.2) is 14.4 Å². The molecule has 2 heterocycles. The molecule has 0 amide bonds. The smallest absolute Gasteiger partial charge is 0.234 e. The van der Waals surface area contributed by atoms with Gasteiger partial charge in [-0.1, -0.05) is 19.6 Å². The van der Waals surface area contributed by atoms with Crippen LogP contribution in [0.15, 0.2) is 42.7 Å². The van der Waals surface area contributed by atoms with Crippen LogP contribution in [-0.2, 0) is 0 Å². The first-order valence-corrected chi connectivity index (χ1v) is 4.13. The van der Waals surface area contributed by atoms with Gasteiger partial charge in [-0.25, -0.2) is 9.97 Å². The number of hydrogen-bond acceptors (Lipinski definition) is 2. The van der Waals surface area contributed by atoms with Gasteiger partial charge < -0.3 is 0 Å². The van der Waals surface area contributed by atoms with Gasteiger partial charge in [0, 0.05) is 12.4 Å². The lowest BCUT2D eigenvalue weighted by Crippen LogP contribution is -1.84. The van der Waals surface area contributed by atoms with Gasteiger partial charge in [0.15, 0.2) is 0 Å². The summed E-state index contributed by atoms with van der Waals surface area (Å²) in [6.45, 7) is 0. The Labute approximate surface area is 82.0 Å². The summed E-state index contributed by atoms with van der Waals surface area (Å²) < 4.78 is 1.98. The van der Waals surface area contributed by atoms with Crippen LogP contribution >= 0.6 is 0 Å². The highest BCUT2D eigenvalue weighted by Crippen LogP contribution is 2.13. The van der Waals surface area contributed by atoms with E-state index in [4.69, 9.17) is 0 Å². The summed E-state index contributed by atoms with van der Waals surface area (Å²) >= 11 is 0. The van der Waals surface area contributed by atoms with E-state index in [1.165, 1.54) is 0 Å². The standard InChI is InChI=1S/C10H7N3.CH4/c1-2-5-9-8(4-1)12-10-11-6-3-7-13(9)10;/h1-7H;1H4. The minimum absolute atomic E-state index is 0. The Kier molecular flexibility index (Phi) is 1.93. The molecule has 0 unspecified atom stereocenters. The van der Waals surface area contributed by atoms with Crippen molar-refractivity contribution in [2.24, 2.45) is 0 Å². The molecule has 0 saturated carbocycles. The van der Waals surface area contributed by atoms with Gasteiger partial charge in [0.2, 0.25) is 5.78 Å². The number of aromatic nitrogens is 3. The molecule has 14 heavy (non-hydrogen) atoms. The van der Waals surface area contributed by atoms with Crippen LogP contribution in [0, 0.1) is 0 Å². The first kappa shape index (κ1) is 8.69. The first-order valence-electron chi connectivity index (χ1n) is 4.13. The Morgan fingerprint density at radius 2 is 1.93 bits per heavy atom. The lowest BCUT2D eigenvalue weighted by atomic mass is 10.3. The van der Waals surface area contributed by atoms with Crippen LogP contribution < -0.4 is 0 Å². The van der Waals surface area contributed by atoms with Gasteiger partial charge in [0.1, 0.15) is 0 Å². The van der Waals surface area contributed by atoms with Crippen LogP contribution in [0.5, 0.6) is 0 Å². The third kappa shape index (κ3) is 1.06. The fraction of sp³-hybridized carbons (Fsp3) is 0.0909. The van der Waals surface area contributed by atoms with Gasteiger partial charge in [-0.3, -0.25) is 4.40 Å². The zero-order valence-electron chi connectivity index (χ0n) is 6.88. The van der Waals surface area contributed by atoms with Crippen LogP contribution in [0.3, 0.4) is 0 Å². The van der Waals surface area contributed by atoms with E-state index in [1.54, 1.807) is 6.20 Å². The quantitative estimate of drug-likeness (QED) is 0.538. The second kappa shape index (κ2) is 3.10. The van der Waals surface area contributed by atoms with E-state index >= 15 is 0 Å². The normalized spacial score (nSPS) is 10.3. The lowest BCUT2D eigenvalue weighted by molar-refractivity contribution is 1.13. The topological polar surface area (TPSA) is 30.2 Å². The highest BCUT2D eigenvalue weighted by Gasteiger charge is 2.01. The summed E-state index contributed by atoms with van der Waals surface area (Å²) in [4.78, 5) is 8.54. The third-order valence-corrected chi connectivity index (χ3v) is 2.09. The number of rotatable bonds is 0. The van der Waals surface area contributed by atoms with E-state index in [9.17, 15) is 0 Å². The predicted octanol–water partition coefficient (Wildman–Crippen LogP) is 2.52. The molecule has 0 bridgehead atoms. The average Bonchev–Trinajstić information content (AvgIpc) is 2.56. The molecule has 0 spiro atoms. The molecule has 0 aliphatic heterocycles. The van der Waals surface area contributed by atoms with Crippen molar-refractivity contribution >= 4 is 16.8 Å². The molecule has 0 N–H and O–H groups in total. The molecular weight excluding hydrogens is 174 g/mol. The lowest BCUT2D eigenvalue weighted by Gasteiger charge is -1.90. The summed E-state index contributed by atoms with van der Waals surface area (Å²) in [5, 5.41) is 0. The van der Waals surface area contributed by atoms with Crippen LogP contribution in [0.2, 0.25) is 0 Å². The van der Waals surface area contributed by atoms with Crippen LogP contribution in [0.1, 0.15) is 7.43 Å². The molecule has 3 nitrogen and oxygen atoms in total. The van der Waals surface area contributed by atoms with Crippen molar-refractivity contribution in [3.05, 3.63) is 42.7 Å². The highest BCUT2D eigenvalue weighted by atomic mass is 15.1. The van der Waals surface area contributed by atoms with Gasteiger partial charge in [0.25, 0.3) is 0 Å². The second-order valence-corrected chi connectivity index (χ2v) is 2.89. The van der Waals surface area contributed by atoms with Crippen LogP contribution in [0.25, 0.3) is 16.8 Å². The van der Waals surface area contributed by atoms with Gasteiger partial charge in [-0.15, -0.1) is 0 Å². The molecule has 1 aromatic carbocycles. The minimum atomic E-state index is 0. The number of benzene rings is 1. The number of para-hydroxylation sites is 2. The predicted molar refractivity (Wildman–Crippen MR) is 57.2 cm³/mol. The van der Waals surface area contributed by atoms with Crippen molar-refractivity contribution < 1.29 is 0 Å². The van der Waals surface area contributed by atoms with E-state index in [2.05, 4.69) is 9.97 Å². The van der Waals surface area contributed by atoms with E-state index in [0.717, 1.165) is 16.8 Å². The number of imidazole rings is 1. The van der Waals surface area contributed by atoms with Crippen molar-refractivity contribution in [3.8, 4) is 0 Å². The monoisotopic (exact) mass is 185 g/mol. The molecule has 0 saturated heterocycles. The molecule has 0 atom stereocenters. The summed E-state index contributed by atoms with van der Waals surface area (Å²) in [6, 6.07) is 9.92. The Morgan fingerprint density at radius 3 is 2.86 bits per heavy atom. The number of fused-ring (bicyclic) bond motifs is 3. The molecule has 0 radical (unpaired) electrons. The van der Waals surface area contributed by atoms with Gasteiger partial charge in [0.05, 0.1) is 11.0 Å². The van der Waals surface area contributed by atoms with Crippen molar-refractivity contribution in [1.82, 2.24) is 14.4 Å². The fourth-order valence-electron chi connectivity index (χ4n) is 1.50. The zero-order chi connectivity index (χ0) is 8.67. The van der Waals surface area contributed by atoms with Crippen molar-refractivity contribution in [1.29, 1.82) is 0 Å². The zero-order valence-corrected chi connectivity index (χ0v) is 6.88. The largest absolute Gasteiger partial charge is 0.284 e. The SMILES string of the molecule is C.c1ccc2c(c1)nc1ncccn12. The maximum absolute atomic E-state index is 4.37. The molecule has 3 aromatic rings. The van der Waals surface area contributed by atoms with Gasteiger partial charge in [-0.2, -0.15) is 0 Å². The first-order chi connectivity index (χ1) is 6.45. The molecule has 70 valence electrons. The highest BCUT2D eigenvalue weighted by molar-refractivity contribution is 5.79. The van der Waals surface area contributed by atoms with Crippen molar-refractivity contribution in [2.75, 3.05) is 0 Å². The maximum atomic E-state index is 4.37. The molecule has 2 aromatic heterocycles. The second-order valence-electron chi connectivity index (χ2n) is 2.89. The van der Waals surface area contributed by atoms with E-state index in [-0.39, 0.29) is 7.43 Å². The van der Waals surface area contributed by atoms with Gasteiger partial charge in [-0.05, 0) is 18.2 Å². The Bertz CT molecular complexity index is 518. The fourth-order valence-corrected chi connectivity index (χ4v) is 1.50. The number of nitrogens with zero attached hydrogens (tertiary/aromatic N) is 3. The Balaban J connectivity index is 0.000000750. The van der Waals surface area contributed by atoms with Crippen LogP contribution in [0.4, 0.5) is 0 Å². The number of hydrogen-bond donors (Lipinski definition) is 0. The molecule has 0 fully saturated rings. The van der Waals surface area contributed by atoms with Crippen molar-refractivity contribution in [2.45, 2.75) is 7.43 Å².